The Morgan fingerprint density at radius 2 is 2.04 bits per heavy atom. The molecule has 5 nitrogen and oxygen atoms in total. The van der Waals surface area contributed by atoms with E-state index >= 15 is 0 Å². The second kappa shape index (κ2) is 6.45. The van der Waals surface area contributed by atoms with Crippen LogP contribution in [0.15, 0.2) is 18.2 Å². The van der Waals surface area contributed by atoms with Crippen LogP contribution in [0, 0.1) is 12.3 Å². The zero-order chi connectivity index (χ0) is 17.4. The molecule has 1 amide bonds. The molecular weight excluding hydrogens is 302 g/mol. The van der Waals surface area contributed by atoms with Crippen molar-refractivity contribution in [2.45, 2.75) is 52.1 Å². The van der Waals surface area contributed by atoms with Crippen molar-refractivity contribution in [3.05, 3.63) is 29.6 Å². The smallest absolute Gasteiger partial charge is 0.219 e. The van der Waals surface area contributed by atoms with E-state index in [1.807, 2.05) is 24.8 Å². The van der Waals surface area contributed by atoms with Crippen LogP contribution in [-0.4, -0.2) is 57.6 Å². The zero-order valence-corrected chi connectivity index (χ0v) is 15.1. The normalized spacial score (nSPS) is 26.9. The Hall–Kier alpha value is -1.46. The summed E-state index contributed by atoms with van der Waals surface area (Å²) in [6.07, 6.45) is 3.07. The van der Waals surface area contributed by atoms with E-state index in [0.29, 0.717) is 0 Å². The van der Waals surface area contributed by atoms with Crippen molar-refractivity contribution in [3.63, 3.8) is 0 Å². The molecule has 0 aliphatic carbocycles. The number of carbonyl (C=O) groups excluding carboxylic acids is 1. The van der Waals surface area contributed by atoms with Gasteiger partial charge in [0.2, 0.25) is 5.91 Å². The molecule has 0 unspecified atom stereocenters. The van der Waals surface area contributed by atoms with Crippen LogP contribution in [-0.2, 0) is 11.3 Å². The summed E-state index contributed by atoms with van der Waals surface area (Å²) in [5.74, 6) is 0.0785. The third-order valence-corrected chi connectivity index (χ3v) is 5.87. The molecule has 132 valence electrons. The van der Waals surface area contributed by atoms with Gasteiger partial charge in [-0.3, -0.25) is 14.7 Å². The number of hydrogen-bond donors (Lipinski definition) is 1. The molecule has 0 bridgehead atoms. The highest BCUT2D eigenvalue weighted by molar-refractivity contribution is 5.74. The first-order valence-corrected chi connectivity index (χ1v) is 8.90. The van der Waals surface area contributed by atoms with E-state index in [-0.39, 0.29) is 17.9 Å². The molecule has 1 atom stereocenters. The number of aliphatic hydroxyl groups excluding tert-OH is 1. The van der Waals surface area contributed by atoms with Gasteiger partial charge in [0.15, 0.2) is 0 Å². The molecule has 1 spiro atoms. The first-order chi connectivity index (χ1) is 11.4. The second-order valence-electron chi connectivity index (χ2n) is 7.98. The molecule has 24 heavy (non-hydrogen) atoms. The van der Waals surface area contributed by atoms with Gasteiger partial charge in [-0.15, -0.1) is 0 Å². The van der Waals surface area contributed by atoms with Crippen molar-refractivity contribution in [1.82, 2.24) is 14.8 Å². The number of aryl methyl sites for hydroxylation is 1. The third-order valence-electron chi connectivity index (χ3n) is 5.87. The van der Waals surface area contributed by atoms with Gasteiger partial charge >= 0.3 is 0 Å². The van der Waals surface area contributed by atoms with E-state index < -0.39 is 5.54 Å². The highest BCUT2D eigenvalue weighted by Crippen LogP contribution is 2.48. The summed E-state index contributed by atoms with van der Waals surface area (Å²) in [7, 11) is 0. The van der Waals surface area contributed by atoms with Crippen molar-refractivity contribution in [2.24, 2.45) is 5.41 Å². The van der Waals surface area contributed by atoms with Gasteiger partial charge < -0.3 is 10.0 Å². The molecule has 1 N–H and O–H groups in total. The lowest BCUT2D eigenvalue weighted by atomic mass is 9.74. The predicted molar refractivity (Wildman–Crippen MR) is 93.4 cm³/mol. The molecule has 5 heteroatoms. The van der Waals surface area contributed by atoms with Crippen LogP contribution >= 0.6 is 0 Å². The summed E-state index contributed by atoms with van der Waals surface area (Å²) < 4.78 is 0. The molecule has 0 aromatic carbocycles. The summed E-state index contributed by atoms with van der Waals surface area (Å²) in [4.78, 5) is 20.9. The van der Waals surface area contributed by atoms with Gasteiger partial charge in [0, 0.05) is 25.7 Å². The van der Waals surface area contributed by atoms with Gasteiger partial charge in [-0.25, -0.2) is 0 Å². The van der Waals surface area contributed by atoms with E-state index in [9.17, 15) is 9.90 Å². The topological polar surface area (TPSA) is 56.7 Å². The van der Waals surface area contributed by atoms with Crippen LogP contribution in [0.5, 0.6) is 0 Å². The standard InChI is InChI=1S/C19H29N3O2/c1-15-5-4-6-17(20-15)11-21-9-7-19(8-10-21)12-18(3,14-23)22(13-19)16(2)24/h4-6,23H,7-14H2,1-3H3/t18-/m1/s1. The summed E-state index contributed by atoms with van der Waals surface area (Å²) in [5, 5.41) is 9.82. The minimum atomic E-state index is -0.397. The van der Waals surface area contributed by atoms with Crippen molar-refractivity contribution >= 4 is 5.91 Å². The van der Waals surface area contributed by atoms with Crippen LogP contribution in [0.3, 0.4) is 0 Å². The lowest BCUT2D eigenvalue weighted by molar-refractivity contribution is -0.134. The molecule has 3 heterocycles. The molecule has 3 rings (SSSR count). The molecule has 0 saturated carbocycles. The molecule has 2 aliphatic rings. The number of rotatable bonds is 3. The number of nitrogens with zero attached hydrogens (tertiary/aromatic N) is 3. The summed E-state index contributed by atoms with van der Waals surface area (Å²) >= 11 is 0. The average molecular weight is 331 g/mol. The Morgan fingerprint density at radius 1 is 1.33 bits per heavy atom. The van der Waals surface area contributed by atoms with Crippen LogP contribution in [0.1, 0.15) is 44.5 Å². The Balaban J connectivity index is 1.63. The average Bonchev–Trinajstić information content (AvgIpc) is 2.84. The third kappa shape index (κ3) is 3.33. The monoisotopic (exact) mass is 331 g/mol. The van der Waals surface area contributed by atoms with Gasteiger partial charge in [0.1, 0.15) is 0 Å². The maximum absolute atomic E-state index is 12.0. The van der Waals surface area contributed by atoms with E-state index in [1.54, 1.807) is 6.92 Å². The van der Waals surface area contributed by atoms with E-state index in [0.717, 1.165) is 56.8 Å². The van der Waals surface area contributed by atoms with Crippen LogP contribution in [0.25, 0.3) is 0 Å². The number of amides is 1. The second-order valence-corrected chi connectivity index (χ2v) is 7.98. The fraction of sp³-hybridized carbons (Fsp3) is 0.684. The number of pyridine rings is 1. The number of hydrogen-bond acceptors (Lipinski definition) is 4. The van der Waals surface area contributed by atoms with Gasteiger partial charge in [-0.1, -0.05) is 6.07 Å². The highest BCUT2D eigenvalue weighted by Gasteiger charge is 2.52. The molecule has 1 aromatic rings. The minimum absolute atomic E-state index is 0.0469. The van der Waals surface area contributed by atoms with Crippen LogP contribution < -0.4 is 0 Å². The Bertz CT molecular complexity index is 610. The van der Waals surface area contributed by atoms with E-state index in [1.165, 1.54) is 0 Å². The van der Waals surface area contributed by atoms with Gasteiger partial charge in [0.25, 0.3) is 0 Å². The number of likely N-dealkylation sites (tertiary alicyclic amines) is 2. The first kappa shape index (κ1) is 17.4. The summed E-state index contributed by atoms with van der Waals surface area (Å²) in [6.45, 7) is 9.45. The number of carbonyl (C=O) groups is 1. The number of piperidine rings is 1. The SMILES string of the molecule is CC(=O)N1CC2(CCN(Cc3cccc(C)n3)CC2)C[C@]1(C)CO. The Kier molecular flexibility index (Phi) is 4.67. The fourth-order valence-corrected chi connectivity index (χ4v) is 4.56. The lowest BCUT2D eigenvalue weighted by Gasteiger charge is -2.39. The van der Waals surface area contributed by atoms with Crippen molar-refractivity contribution < 1.29 is 9.90 Å². The molecule has 0 radical (unpaired) electrons. The van der Waals surface area contributed by atoms with Crippen LogP contribution in [0.2, 0.25) is 0 Å². The molecule has 2 saturated heterocycles. The molecule has 2 aliphatic heterocycles. The van der Waals surface area contributed by atoms with E-state index in [2.05, 4.69) is 22.0 Å². The molecule has 2 fully saturated rings. The fourth-order valence-electron chi connectivity index (χ4n) is 4.56. The lowest BCUT2D eigenvalue weighted by Crippen LogP contribution is -2.46. The van der Waals surface area contributed by atoms with Gasteiger partial charge in [0.05, 0.1) is 17.8 Å². The molecular formula is C19H29N3O2. The number of aliphatic hydroxyl groups is 1. The number of aromatic nitrogens is 1. The van der Waals surface area contributed by atoms with Crippen molar-refractivity contribution in [1.29, 1.82) is 0 Å². The maximum Gasteiger partial charge on any atom is 0.219 e. The minimum Gasteiger partial charge on any atom is -0.394 e. The van der Waals surface area contributed by atoms with E-state index in [4.69, 9.17) is 0 Å². The zero-order valence-electron chi connectivity index (χ0n) is 15.1. The summed E-state index contributed by atoms with van der Waals surface area (Å²) in [5.41, 5.74) is 1.96. The van der Waals surface area contributed by atoms with Gasteiger partial charge in [-0.05, 0) is 63.7 Å². The quantitative estimate of drug-likeness (QED) is 0.920. The Labute approximate surface area is 144 Å². The summed E-state index contributed by atoms with van der Waals surface area (Å²) in [6, 6.07) is 6.18. The van der Waals surface area contributed by atoms with Gasteiger partial charge in [-0.2, -0.15) is 0 Å². The largest absolute Gasteiger partial charge is 0.394 e. The Morgan fingerprint density at radius 3 is 2.58 bits per heavy atom. The highest BCUT2D eigenvalue weighted by atomic mass is 16.3. The van der Waals surface area contributed by atoms with Crippen molar-refractivity contribution in [2.75, 3.05) is 26.2 Å². The molecule has 1 aromatic heterocycles. The first-order valence-electron chi connectivity index (χ1n) is 8.90. The van der Waals surface area contributed by atoms with Crippen LogP contribution in [0.4, 0.5) is 0 Å². The van der Waals surface area contributed by atoms with Crippen molar-refractivity contribution in [3.8, 4) is 0 Å². The predicted octanol–water partition coefficient (Wildman–Crippen LogP) is 1.98. The maximum atomic E-state index is 12.0.